The number of hydrogen-bond donors (Lipinski definition) is 0. The minimum atomic E-state index is -4.35. The van der Waals surface area contributed by atoms with E-state index in [0.717, 1.165) is 6.92 Å². The number of esters is 1. The van der Waals surface area contributed by atoms with Crippen molar-refractivity contribution in [2.45, 2.75) is 46.4 Å². The van der Waals surface area contributed by atoms with Crippen molar-refractivity contribution in [2.75, 3.05) is 0 Å². The van der Waals surface area contributed by atoms with Crippen LogP contribution in [0.2, 0.25) is 0 Å². The lowest BCUT2D eigenvalue weighted by atomic mass is 9.91. The standard InChI is InChI=1S/C10H17F3O2/c1-5-8(7(4)10(11,12)13)9(14)15-6(2)3/h6-8H,5H2,1-4H3. The molecule has 0 heterocycles. The van der Waals surface area contributed by atoms with Gasteiger partial charge in [0.15, 0.2) is 0 Å². The molecule has 0 saturated heterocycles. The molecule has 0 bridgehead atoms. The van der Waals surface area contributed by atoms with Crippen molar-refractivity contribution in [3.8, 4) is 0 Å². The van der Waals surface area contributed by atoms with E-state index < -0.39 is 24.0 Å². The van der Waals surface area contributed by atoms with Gasteiger partial charge in [0, 0.05) is 0 Å². The normalized spacial score (nSPS) is 16.3. The van der Waals surface area contributed by atoms with Crippen LogP contribution >= 0.6 is 0 Å². The van der Waals surface area contributed by atoms with Crippen LogP contribution in [-0.2, 0) is 9.53 Å². The van der Waals surface area contributed by atoms with E-state index in [4.69, 9.17) is 4.74 Å². The average Bonchev–Trinajstić information content (AvgIpc) is 2.01. The average molecular weight is 226 g/mol. The Morgan fingerprint density at radius 1 is 1.27 bits per heavy atom. The van der Waals surface area contributed by atoms with Crippen molar-refractivity contribution in [3.05, 3.63) is 0 Å². The number of rotatable bonds is 4. The Morgan fingerprint density at radius 2 is 1.73 bits per heavy atom. The lowest BCUT2D eigenvalue weighted by Crippen LogP contribution is -2.34. The fraction of sp³-hybridized carbons (Fsp3) is 0.900. The molecule has 0 amide bonds. The van der Waals surface area contributed by atoms with Crippen LogP contribution in [0.3, 0.4) is 0 Å². The Bertz CT molecular complexity index is 211. The fourth-order valence-electron chi connectivity index (χ4n) is 1.27. The molecular formula is C10H17F3O2. The van der Waals surface area contributed by atoms with E-state index in [-0.39, 0.29) is 12.5 Å². The second kappa shape index (κ2) is 5.37. The first-order chi connectivity index (χ1) is 6.70. The highest BCUT2D eigenvalue weighted by Gasteiger charge is 2.44. The molecule has 90 valence electrons. The van der Waals surface area contributed by atoms with Gasteiger partial charge in [0.05, 0.1) is 17.9 Å². The summed E-state index contributed by atoms with van der Waals surface area (Å²) < 4.78 is 41.9. The fourth-order valence-corrected chi connectivity index (χ4v) is 1.27. The summed E-state index contributed by atoms with van der Waals surface area (Å²) >= 11 is 0. The predicted octanol–water partition coefficient (Wildman–Crippen LogP) is 3.16. The predicted molar refractivity (Wildman–Crippen MR) is 50.2 cm³/mol. The van der Waals surface area contributed by atoms with Crippen LogP contribution in [-0.4, -0.2) is 18.2 Å². The van der Waals surface area contributed by atoms with E-state index in [1.165, 1.54) is 0 Å². The van der Waals surface area contributed by atoms with E-state index in [0.29, 0.717) is 0 Å². The van der Waals surface area contributed by atoms with Gasteiger partial charge in [-0.2, -0.15) is 13.2 Å². The van der Waals surface area contributed by atoms with Crippen LogP contribution in [0.15, 0.2) is 0 Å². The van der Waals surface area contributed by atoms with E-state index >= 15 is 0 Å². The molecule has 15 heavy (non-hydrogen) atoms. The first-order valence-corrected chi connectivity index (χ1v) is 4.97. The highest BCUT2D eigenvalue weighted by Crippen LogP contribution is 2.34. The molecule has 0 aliphatic rings. The summed E-state index contributed by atoms with van der Waals surface area (Å²) in [6.45, 7) is 5.79. The molecule has 0 aromatic rings. The minimum Gasteiger partial charge on any atom is -0.463 e. The molecule has 0 radical (unpaired) electrons. The van der Waals surface area contributed by atoms with Crippen LogP contribution < -0.4 is 0 Å². The number of halogens is 3. The lowest BCUT2D eigenvalue weighted by molar-refractivity contribution is -0.196. The number of carbonyl (C=O) groups is 1. The topological polar surface area (TPSA) is 26.3 Å². The first kappa shape index (κ1) is 14.3. The van der Waals surface area contributed by atoms with Gasteiger partial charge in [0.2, 0.25) is 0 Å². The van der Waals surface area contributed by atoms with Gasteiger partial charge in [-0.1, -0.05) is 13.8 Å². The Morgan fingerprint density at radius 3 is 2.00 bits per heavy atom. The molecule has 0 rings (SSSR count). The molecule has 0 aromatic carbocycles. The van der Waals surface area contributed by atoms with Gasteiger partial charge in [-0.25, -0.2) is 0 Å². The van der Waals surface area contributed by atoms with E-state index in [1.807, 2.05) is 0 Å². The largest absolute Gasteiger partial charge is 0.463 e. The number of ether oxygens (including phenoxy) is 1. The van der Waals surface area contributed by atoms with Crippen LogP contribution in [0.4, 0.5) is 13.2 Å². The third-order valence-electron chi connectivity index (χ3n) is 2.21. The molecule has 0 aromatic heterocycles. The SMILES string of the molecule is CCC(C(=O)OC(C)C)C(C)C(F)(F)F. The van der Waals surface area contributed by atoms with Crippen molar-refractivity contribution in [1.29, 1.82) is 0 Å². The minimum absolute atomic E-state index is 0.131. The number of alkyl halides is 3. The van der Waals surface area contributed by atoms with Crippen molar-refractivity contribution < 1.29 is 22.7 Å². The van der Waals surface area contributed by atoms with Gasteiger partial charge in [0.1, 0.15) is 0 Å². The Balaban J connectivity index is 4.55. The zero-order valence-corrected chi connectivity index (χ0v) is 9.39. The molecule has 2 nitrogen and oxygen atoms in total. The summed E-state index contributed by atoms with van der Waals surface area (Å²) in [6, 6.07) is 0. The smallest absolute Gasteiger partial charge is 0.392 e. The lowest BCUT2D eigenvalue weighted by Gasteiger charge is -2.24. The zero-order valence-electron chi connectivity index (χ0n) is 9.39. The highest BCUT2D eigenvalue weighted by atomic mass is 19.4. The second-order valence-electron chi connectivity index (χ2n) is 3.83. The molecule has 0 saturated carbocycles. The van der Waals surface area contributed by atoms with Crippen molar-refractivity contribution >= 4 is 5.97 Å². The number of carbonyl (C=O) groups excluding carboxylic acids is 1. The van der Waals surface area contributed by atoms with Gasteiger partial charge in [-0.15, -0.1) is 0 Å². The third kappa shape index (κ3) is 4.53. The van der Waals surface area contributed by atoms with Crippen LogP contribution in [0.5, 0.6) is 0 Å². The molecule has 0 aliphatic carbocycles. The van der Waals surface area contributed by atoms with Gasteiger partial charge in [0.25, 0.3) is 0 Å². The number of hydrogen-bond acceptors (Lipinski definition) is 2. The van der Waals surface area contributed by atoms with Gasteiger partial charge in [-0.05, 0) is 20.3 Å². The zero-order chi connectivity index (χ0) is 12.2. The molecule has 5 heteroatoms. The third-order valence-corrected chi connectivity index (χ3v) is 2.21. The van der Waals surface area contributed by atoms with Gasteiger partial charge >= 0.3 is 12.1 Å². The molecule has 0 spiro atoms. The van der Waals surface area contributed by atoms with Gasteiger partial charge in [-0.3, -0.25) is 4.79 Å². The molecule has 0 fully saturated rings. The second-order valence-corrected chi connectivity index (χ2v) is 3.83. The Labute approximate surface area is 87.8 Å². The van der Waals surface area contributed by atoms with Crippen LogP contribution in [0.1, 0.15) is 34.1 Å². The monoisotopic (exact) mass is 226 g/mol. The van der Waals surface area contributed by atoms with Gasteiger partial charge < -0.3 is 4.74 Å². The molecule has 2 unspecified atom stereocenters. The summed E-state index contributed by atoms with van der Waals surface area (Å²) in [5, 5.41) is 0. The van der Waals surface area contributed by atoms with Crippen molar-refractivity contribution in [1.82, 2.24) is 0 Å². The first-order valence-electron chi connectivity index (χ1n) is 4.97. The Kier molecular flexibility index (Phi) is 5.11. The van der Waals surface area contributed by atoms with Crippen LogP contribution in [0, 0.1) is 11.8 Å². The molecule has 0 aliphatic heterocycles. The summed E-state index contributed by atoms with van der Waals surface area (Å²) in [6.07, 6.45) is -4.60. The molecule has 2 atom stereocenters. The molecule has 0 N–H and O–H groups in total. The summed E-state index contributed by atoms with van der Waals surface area (Å²) in [5.74, 6) is -3.53. The Hall–Kier alpha value is -0.740. The van der Waals surface area contributed by atoms with Crippen molar-refractivity contribution in [2.24, 2.45) is 11.8 Å². The molecular weight excluding hydrogens is 209 g/mol. The summed E-state index contributed by atoms with van der Waals surface area (Å²) in [5.41, 5.74) is 0. The quantitative estimate of drug-likeness (QED) is 0.688. The maximum atomic E-state index is 12.4. The maximum absolute atomic E-state index is 12.4. The summed E-state index contributed by atoms with van der Waals surface area (Å²) in [4.78, 5) is 11.4. The van der Waals surface area contributed by atoms with E-state index in [2.05, 4.69) is 0 Å². The van der Waals surface area contributed by atoms with E-state index in [1.54, 1.807) is 20.8 Å². The van der Waals surface area contributed by atoms with E-state index in [9.17, 15) is 18.0 Å². The summed E-state index contributed by atoms with van der Waals surface area (Å²) in [7, 11) is 0. The van der Waals surface area contributed by atoms with Crippen molar-refractivity contribution in [3.63, 3.8) is 0 Å². The van der Waals surface area contributed by atoms with Crippen LogP contribution in [0.25, 0.3) is 0 Å². The highest BCUT2D eigenvalue weighted by molar-refractivity contribution is 5.73. The maximum Gasteiger partial charge on any atom is 0.392 e.